The van der Waals surface area contributed by atoms with E-state index < -0.39 is 15.8 Å². The van der Waals surface area contributed by atoms with Gasteiger partial charge in [-0.15, -0.1) is 0 Å². The molecular weight excluding hydrogens is 498 g/mol. The van der Waals surface area contributed by atoms with Gasteiger partial charge in [0.05, 0.1) is 0 Å². The third-order valence-electron chi connectivity index (χ3n) is 1.74. The molecule has 10 heteroatoms. The van der Waals surface area contributed by atoms with Crippen LogP contribution in [0.15, 0.2) is 4.52 Å². The van der Waals surface area contributed by atoms with Crippen molar-refractivity contribution in [3.05, 3.63) is 10.4 Å². The van der Waals surface area contributed by atoms with Crippen LogP contribution in [-0.4, -0.2) is 14.2 Å². The van der Waals surface area contributed by atoms with Gasteiger partial charge in [-0.1, -0.05) is 83.5 Å². The van der Waals surface area contributed by atoms with Crippen molar-refractivity contribution in [3.63, 3.8) is 0 Å². The summed E-state index contributed by atoms with van der Waals surface area (Å²) in [5, 5.41) is 0. The summed E-state index contributed by atoms with van der Waals surface area (Å²) in [6, 6.07) is 0. The second-order valence-corrected chi connectivity index (χ2v) is 13.0. The fourth-order valence-electron chi connectivity index (χ4n) is 0.832. The molecule has 0 aliphatic rings. The predicted octanol–water partition coefficient (Wildman–Crippen LogP) is 4.75. The number of nitrogens with zero attached hydrogens (tertiary/aromatic N) is 3. The standard InChI is InChI=1S/C6H9Br4N3O2S/c1-2-3-4-5(7,8)6(9,10)16(14,15)13-12-11/h2-4H2,1H3. The van der Waals surface area contributed by atoms with E-state index in [9.17, 15) is 8.42 Å². The molecule has 0 atom stereocenters. The molecule has 16 heavy (non-hydrogen) atoms. The van der Waals surface area contributed by atoms with Gasteiger partial charge in [0.15, 0.2) is 0 Å². The van der Waals surface area contributed by atoms with E-state index in [1.54, 1.807) is 0 Å². The van der Waals surface area contributed by atoms with Crippen molar-refractivity contribution >= 4 is 73.7 Å². The van der Waals surface area contributed by atoms with Crippen LogP contribution >= 0.6 is 63.7 Å². The average molecular weight is 507 g/mol. The summed E-state index contributed by atoms with van der Waals surface area (Å²) in [5.41, 5.74) is 8.21. The Morgan fingerprint density at radius 1 is 1.31 bits per heavy atom. The van der Waals surface area contributed by atoms with Gasteiger partial charge in [-0.2, -0.15) is 0 Å². The number of sulfonamides is 1. The van der Waals surface area contributed by atoms with Gasteiger partial charge >= 0.3 is 0 Å². The average Bonchev–Trinajstić information content (AvgIpc) is 2.14. The Kier molecular flexibility index (Phi) is 6.85. The second-order valence-electron chi connectivity index (χ2n) is 2.97. The fraction of sp³-hybridized carbons (Fsp3) is 1.00. The molecule has 0 saturated heterocycles. The molecule has 0 radical (unpaired) electrons. The van der Waals surface area contributed by atoms with Crippen molar-refractivity contribution in [2.24, 2.45) is 4.52 Å². The van der Waals surface area contributed by atoms with E-state index in [0.717, 1.165) is 12.8 Å². The highest BCUT2D eigenvalue weighted by molar-refractivity contribution is 9.32. The van der Waals surface area contributed by atoms with Gasteiger partial charge < -0.3 is 0 Å². The molecule has 0 heterocycles. The minimum atomic E-state index is -4.05. The van der Waals surface area contributed by atoms with Crippen LogP contribution in [0.1, 0.15) is 26.2 Å². The predicted molar refractivity (Wildman–Crippen MR) is 78.8 cm³/mol. The molecule has 0 aromatic rings. The van der Waals surface area contributed by atoms with Gasteiger partial charge in [0.1, 0.15) is 3.23 Å². The molecular formula is C6H9Br4N3O2S. The fourth-order valence-corrected chi connectivity index (χ4v) is 4.08. The van der Waals surface area contributed by atoms with Crippen molar-refractivity contribution in [1.82, 2.24) is 0 Å². The number of hydrogen-bond acceptors (Lipinski definition) is 2. The molecule has 0 aliphatic heterocycles. The molecule has 0 aromatic heterocycles. The lowest BCUT2D eigenvalue weighted by molar-refractivity contribution is 0.582. The monoisotopic (exact) mass is 503 g/mol. The highest BCUT2D eigenvalue weighted by Gasteiger charge is 2.54. The van der Waals surface area contributed by atoms with Gasteiger partial charge in [0, 0.05) is 9.43 Å². The summed E-state index contributed by atoms with van der Waals surface area (Å²) in [6.45, 7) is 1.99. The molecule has 0 saturated carbocycles. The SMILES string of the molecule is CCCCC(Br)(Br)C(Br)(Br)S(=O)(=O)N=[N+]=[N-]. The number of alkyl halides is 4. The first-order chi connectivity index (χ1) is 7.12. The zero-order valence-corrected chi connectivity index (χ0v) is 15.4. The number of hydrogen-bond donors (Lipinski definition) is 0. The quantitative estimate of drug-likeness (QED) is 0.225. The first-order valence-electron chi connectivity index (χ1n) is 4.19. The van der Waals surface area contributed by atoms with Gasteiger partial charge in [-0.25, -0.2) is 8.42 Å². The number of unbranched alkanes of at least 4 members (excludes halogenated alkanes) is 1. The highest BCUT2D eigenvalue weighted by Crippen LogP contribution is 2.54. The Balaban J connectivity index is 5.26. The zero-order valence-electron chi connectivity index (χ0n) is 8.20. The van der Waals surface area contributed by atoms with E-state index in [1.165, 1.54) is 0 Å². The van der Waals surface area contributed by atoms with E-state index >= 15 is 0 Å². The maximum Gasteiger partial charge on any atom is 0.263 e. The largest absolute Gasteiger partial charge is 0.263 e. The number of rotatable bonds is 6. The van der Waals surface area contributed by atoms with Crippen LogP contribution in [0.5, 0.6) is 0 Å². The maximum absolute atomic E-state index is 11.7. The van der Waals surface area contributed by atoms with Crippen LogP contribution in [0.25, 0.3) is 10.4 Å². The lowest BCUT2D eigenvalue weighted by Gasteiger charge is -2.32. The first kappa shape index (κ1) is 17.2. The van der Waals surface area contributed by atoms with Crippen molar-refractivity contribution in [3.8, 4) is 0 Å². The van der Waals surface area contributed by atoms with Crippen molar-refractivity contribution < 1.29 is 8.42 Å². The lowest BCUT2D eigenvalue weighted by atomic mass is 10.2. The third kappa shape index (κ3) is 3.84. The molecule has 0 unspecified atom stereocenters. The molecule has 0 rings (SSSR count). The zero-order chi connectivity index (χ0) is 13.0. The minimum Gasteiger partial charge on any atom is -0.219 e. The molecule has 0 N–H and O–H groups in total. The molecule has 0 aromatic carbocycles. The van der Waals surface area contributed by atoms with Crippen molar-refractivity contribution in [1.29, 1.82) is 0 Å². The third-order valence-corrected chi connectivity index (χ3v) is 11.5. The van der Waals surface area contributed by atoms with E-state index in [2.05, 4.69) is 73.2 Å². The van der Waals surface area contributed by atoms with Gasteiger partial charge in [0.25, 0.3) is 10.0 Å². The van der Waals surface area contributed by atoms with Crippen LogP contribution in [0.2, 0.25) is 0 Å². The molecule has 0 amide bonds. The van der Waals surface area contributed by atoms with Gasteiger partial charge in [0.2, 0.25) is 2.57 Å². The summed E-state index contributed by atoms with van der Waals surface area (Å²) in [5.74, 6) is 0. The first-order valence-corrected chi connectivity index (χ1v) is 8.80. The summed E-state index contributed by atoms with van der Waals surface area (Å²) in [7, 11) is -4.05. The van der Waals surface area contributed by atoms with Crippen LogP contribution in [-0.2, 0) is 10.0 Å². The highest BCUT2D eigenvalue weighted by atomic mass is 79.9. The topological polar surface area (TPSA) is 82.9 Å². The number of azide groups is 1. The molecule has 5 nitrogen and oxygen atoms in total. The van der Waals surface area contributed by atoms with E-state index in [-0.39, 0.29) is 0 Å². The lowest BCUT2D eigenvalue weighted by Crippen LogP contribution is -2.40. The summed E-state index contributed by atoms with van der Waals surface area (Å²) in [4.78, 5) is 2.30. The molecule has 0 spiro atoms. The minimum absolute atomic E-state index is 0.528. The van der Waals surface area contributed by atoms with Crippen molar-refractivity contribution in [2.75, 3.05) is 0 Å². The van der Waals surface area contributed by atoms with Gasteiger partial charge in [-0.05, 0) is 12.0 Å². The Labute approximate surface area is 128 Å². The Bertz CT molecular complexity index is 389. The summed E-state index contributed by atoms with van der Waals surface area (Å²) < 4.78 is 23.6. The van der Waals surface area contributed by atoms with Crippen LogP contribution in [0.3, 0.4) is 0 Å². The molecule has 0 aliphatic carbocycles. The van der Waals surface area contributed by atoms with Crippen LogP contribution in [0.4, 0.5) is 0 Å². The normalized spacial score (nSPS) is 13.3. The van der Waals surface area contributed by atoms with E-state index in [0.29, 0.717) is 6.42 Å². The Hall–Kier alpha value is 1.18. The molecule has 0 fully saturated rings. The van der Waals surface area contributed by atoms with E-state index in [1.807, 2.05) is 6.92 Å². The summed E-state index contributed by atoms with van der Waals surface area (Å²) >= 11 is 12.6. The smallest absolute Gasteiger partial charge is 0.219 e. The van der Waals surface area contributed by atoms with Crippen LogP contribution < -0.4 is 0 Å². The second kappa shape index (κ2) is 6.38. The molecule has 0 bridgehead atoms. The molecule has 94 valence electrons. The van der Waals surface area contributed by atoms with Crippen molar-refractivity contribution in [2.45, 2.75) is 32.0 Å². The van der Waals surface area contributed by atoms with Crippen LogP contribution in [0, 0.1) is 0 Å². The summed E-state index contributed by atoms with van der Waals surface area (Å²) in [6.07, 6.45) is 2.25. The van der Waals surface area contributed by atoms with Gasteiger partial charge in [-0.3, -0.25) is 0 Å². The Morgan fingerprint density at radius 3 is 2.19 bits per heavy atom. The Morgan fingerprint density at radius 2 is 1.81 bits per heavy atom. The van der Waals surface area contributed by atoms with E-state index in [4.69, 9.17) is 5.53 Å². The maximum atomic E-state index is 11.7. The number of halogens is 4.